The van der Waals surface area contributed by atoms with E-state index in [0.717, 1.165) is 12.1 Å². The quantitative estimate of drug-likeness (QED) is 0.740. The molecule has 0 N–H and O–H groups in total. The topological polar surface area (TPSA) is 9.23 Å². The van der Waals surface area contributed by atoms with Gasteiger partial charge in [-0.05, 0) is 35.4 Å². The summed E-state index contributed by atoms with van der Waals surface area (Å²) in [7, 11) is 1.46. The number of hydrogen-bond donors (Lipinski definition) is 0. The van der Waals surface area contributed by atoms with Crippen molar-refractivity contribution in [2.24, 2.45) is 0 Å². The molecule has 0 spiro atoms. The maximum atomic E-state index is 12.7. The highest BCUT2D eigenvalue weighted by Gasteiger charge is 2.30. The van der Waals surface area contributed by atoms with E-state index in [0.29, 0.717) is 22.4 Å². The Morgan fingerprint density at radius 1 is 1.05 bits per heavy atom. The van der Waals surface area contributed by atoms with Crippen molar-refractivity contribution in [1.29, 1.82) is 0 Å². The summed E-state index contributed by atoms with van der Waals surface area (Å²) in [5.74, 6) is 2.92. The molecule has 0 bridgehead atoms. The lowest BCUT2D eigenvalue weighted by atomic mass is 10.0. The Bertz CT molecular complexity index is 666. The van der Waals surface area contributed by atoms with Crippen LogP contribution in [0.4, 0.5) is 13.2 Å². The summed E-state index contributed by atoms with van der Waals surface area (Å²) in [4.78, 5) is 0. The first-order chi connectivity index (χ1) is 9.45. The van der Waals surface area contributed by atoms with Crippen LogP contribution in [0.15, 0.2) is 42.5 Å². The fourth-order valence-corrected chi connectivity index (χ4v) is 1.87. The van der Waals surface area contributed by atoms with Gasteiger partial charge in [-0.25, -0.2) is 0 Å². The molecule has 0 aromatic heterocycles. The summed E-state index contributed by atoms with van der Waals surface area (Å²) >= 11 is 0. The highest BCUT2D eigenvalue weighted by Crippen LogP contribution is 2.33. The molecule has 102 valence electrons. The summed E-state index contributed by atoms with van der Waals surface area (Å²) in [6, 6.07) is 10.1. The first-order valence-electron chi connectivity index (χ1n) is 5.78. The van der Waals surface area contributed by atoms with Crippen LogP contribution < -0.4 is 4.74 Å². The summed E-state index contributed by atoms with van der Waals surface area (Å²) in [6.45, 7) is 0. The largest absolute Gasteiger partial charge is 0.495 e. The Morgan fingerprint density at radius 3 is 2.35 bits per heavy atom. The van der Waals surface area contributed by atoms with Crippen LogP contribution in [0, 0.1) is 12.3 Å². The molecule has 0 atom stereocenters. The van der Waals surface area contributed by atoms with Gasteiger partial charge in [0.05, 0.1) is 18.2 Å². The maximum Gasteiger partial charge on any atom is 0.416 e. The molecule has 0 saturated carbocycles. The molecule has 0 aliphatic carbocycles. The van der Waals surface area contributed by atoms with Gasteiger partial charge in [-0.15, -0.1) is 6.42 Å². The van der Waals surface area contributed by atoms with Crippen LogP contribution in [0.3, 0.4) is 0 Å². The zero-order valence-corrected chi connectivity index (χ0v) is 10.7. The van der Waals surface area contributed by atoms with Gasteiger partial charge in [-0.2, -0.15) is 13.2 Å². The maximum absolute atomic E-state index is 12.7. The van der Waals surface area contributed by atoms with E-state index >= 15 is 0 Å². The summed E-state index contributed by atoms with van der Waals surface area (Å²) in [5, 5.41) is 0. The van der Waals surface area contributed by atoms with E-state index in [9.17, 15) is 13.2 Å². The molecule has 2 rings (SSSR count). The van der Waals surface area contributed by atoms with Gasteiger partial charge < -0.3 is 4.74 Å². The lowest BCUT2D eigenvalue weighted by Crippen LogP contribution is -2.04. The Morgan fingerprint density at radius 2 is 1.75 bits per heavy atom. The fraction of sp³-hybridized carbons (Fsp3) is 0.125. The van der Waals surface area contributed by atoms with E-state index in [2.05, 4.69) is 5.92 Å². The van der Waals surface area contributed by atoms with Crippen molar-refractivity contribution in [2.75, 3.05) is 7.11 Å². The molecule has 2 aromatic carbocycles. The average molecular weight is 276 g/mol. The minimum Gasteiger partial charge on any atom is -0.495 e. The number of ether oxygens (including phenoxy) is 1. The first-order valence-corrected chi connectivity index (χ1v) is 5.78. The molecule has 0 heterocycles. The molecule has 4 heteroatoms. The monoisotopic (exact) mass is 276 g/mol. The summed E-state index contributed by atoms with van der Waals surface area (Å²) < 4.78 is 43.2. The van der Waals surface area contributed by atoms with Crippen molar-refractivity contribution in [2.45, 2.75) is 6.18 Å². The number of benzene rings is 2. The van der Waals surface area contributed by atoms with Crippen molar-refractivity contribution >= 4 is 0 Å². The van der Waals surface area contributed by atoms with Crippen molar-refractivity contribution in [1.82, 2.24) is 0 Å². The second-order valence-corrected chi connectivity index (χ2v) is 4.14. The Balaban J connectivity index is 2.50. The minimum absolute atomic E-state index is 0.460. The van der Waals surface area contributed by atoms with Gasteiger partial charge in [0.2, 0.25) is 0 Å². The van der Waals surface area contributed by atoms with Gasteiger partial charge >= 0.3 is 6.18 Å². The highest BCUT2D eigenvalue weighted by molar-refractivity contribution is 5.68. The number of alkyl halides is 3. The molecule has 1 nitrogen and oxygen atoms in total. The number of hydrogen-bond acceptors (Lipinski definition) is 1. The van der Waals surface area contributed by atoms with E-state index < -0.39 is 11.7 Å². The van der Waals surface area contributed by atoms with E-state index in [1.807, 2.05) is 0 Å². The molecule has 0 amide bonds. The highest BCUT2D eigenvalue weighted by atomic mass is 19.4. The van der Waals surface area contributed by atoms with Crippen LogP contribution in [0.5, 0.6) is 5.75 Å². The predicted octanol–water partition coefficient (Wildman–Crippen LogP) is 4.36. The van der Waals surface area contributed by atoms with Gasteiger partial charge in [-0.1, -0.05) is 24.1 Å². The van der Waals surface area contributed by atoms with Gasteiger partial charge in [-0.3, -0.25) is 0 Å². The van der Waals surface area contributed by atoms with Crippen LogP contribution in [0.25, 0.3) is 11.1 Å². The summed E-state index contributed by atoms with van der Waals surface area (Å²) in [5.41, 5.74) is 0.951. The second kappa shape index (κ2) is 5.30. The molecule has 0 saturated heterocycles. The third-order valence-electron chi connectivity index (χ3n) is 2.88. The number of halogens is 3. The van der Waals surface area contributed by atoms with Crippen molar-refractivity contribution in [3.05, 3.63) is 53.6 Å². The van der Waals surface area contributed by atoms with Crippen molar-refractivity contribution in [3.63, 3.8) is 0 Å². The molecule has 0 aliphatic heterocycles. The van der Waals surface area contributed by atoms with Crippen molar-refractivity contribution < 1.29 is 17.9 Å². The van der Waals surface area contributed by atoms with Gasteiger partial charge in [0, 0.05) is 0 Å². The molecular formula is C16H11F3O. The van der Waals surface area contributed by atoms with E-state index in [1.54, 1.807) is 24.3 Å². The van der Waals surface area contributed by atoms with Crippen LogP contribution in [0.2, 0.25) is 0 Å². The SMILES string of the molecule is C#Cc1ccc(-c2cccc(C(F)(F)F)c2)cc1OC. The summed E-state index contributed by atoms with van der Waals surface area (Å²) in [6.07, 6.45) is 0.955. The molecule has 0 aliphatic rings. The van der Waals surface area contributed by atoms with E-state index in [4.69, 9.17) is 11.2 Å². The lowest BCUT2D eigenvalue weighted by Gasteiger charge is -2.10. The van der Waals surface area contributed by atoms with E-state index in [-0.39, 0.29) is 0 Å². The zero-order chi connectivity index (χ0) is 14.8. The molecule has 0 fully saturated rings. The standard InChI is InChI=1S/C16H11F3O/c1-3-11-7-8-13(10-15(11)20-2)12-5-4-6-14(9-12)16(17,18)19/h1,4-10H,2H3. The van der Waals surface area contributed by atoms with Crippen molar-refractivity contribution in [3.8, 4) is 29.2 Å². The number of terminal acetylenes is 1. The number of methoxy groups -OCH3 is 1. The van der Waals surface area contributed by atoms with Crippen LogP contribution >= 0.6 is 0 Å². The normalized spacial score (nSPS) is 10.9. The van der Waals surface area contributed by atoms with Gasteiger partial charge in [0.25, 0.3) is 0 Å². The smallest absolute Gasteiger partial charge is 0.416 e. The van der Waals surface area contributed by atoms with Gasteiger partial charge in [0.15, 0.2) is 0 Å². The van der Waals surface area contributed by atoms with E-state index in [1.165, 1.54) is 13.2 Å². The molecule has 0 radical (unpaired) electrons. The first kappa shape index (κ1) is 14.0. The lowest BCUT2D eigenvalue weighted by molar-refractivity contribution is -0.137. The third kappa shape index (κ3) is 2.77. The van der Waals surface area contributed by atoms with Crippen LogP contribution in [0.1, 0.15) is 11.1 Å². The fourth-order valence-electron chi connectivity index (χ4n) is 1.87. The Kier molecular flexibility index (Phi) is 3.71. The van der Waals surface area contributed by atoms with Gasteiger partial charge in [0.1, 0.15) is 5.75 Å². The van der Waals surface area contributed by atoms with Crippen LogP contribution in [-0.4, -0.2) is 7.11 Å². The van der Waals surface area contributed by atoms with Crippen LogP contribution in [-0.2, 0) is 6.18 Å². The number of rotatable bonds is 2. The molecular weight excluding hydrogens is 265 g/mol. The Hall–Kier alpha value is -2.41. The third-order valence-corrected chi connectivity index (χ3v) is 2.88. The average Bonchev–Trinajstić information content (AvgIpc) is 2.45. The Labute approximate surface area is 115 Å². The molecule has 0 unspecified atom stereocenters. The second-order valence-electron chi connectivity index (χ2n) is 4.14. The molecule has 2 aromatic rings. The predicted molar refractivity (Wildman–Crippen MR) is 71.4 cm³/mol. The molecule has 20 heavy (non-hydrogen) atoms. The minimum atomic E-state index is -4.36. The zero-order valence-electron chi connectivity index (χ0n) is 10.7.